The maximum Gasteiger partial charge on any atom is 0.319 e. The van der Waals surface area contributed by atoms with E-state index in [0.717, 1.165) is 5.56 Å². The fraction of sp³-hybridized carbons (Fsp3) is 0.120. The maximum atomic E-state index is 13.1. The third-order valence-corrected chi connectivity index (χ3v) is 5.10. The first kappa shape index (κ1) is 21.0. The number of hydrogen-bond acceptors (Lipinski definition) is 4. The Morgan fingerprint density at radius 2 is 1.72 bits per heavy atom. The third-order valence-electron chi connectivity index (χ3n) is 5.10. The smallest absolute Gasteiger partial charge is 0.319 e. The molecule has 32 heavy (non-hydrogen) atoms. The van der Waals surface area contributed by atoms with E-state index in [-0.39, 0.29) is 24.0 Å². The lowest BCUT2D eigenvalue weighted by Crippen LogP contribution is -2.45. The Morgan fingerprint density at radius 1 is 1.03 bits per heavy atom. The van der Waals surface area contributed by atoms with E-state index in [2.05, 4.69) is 16.0 Å². The quantitative estimate of drug-likeness (QED) is 0.471. The number of urea groups is 1. The number of carbonyl (C=O) groups is 2. The molecule has 0 saturated carbocycles. The molecule has 0 bridgehead atoms. The van der Waals surface area contributed by atoms with Crippen molar-refractivity contribution in [3.8, 4) is 11.5 Å². The average Bonchev–Trinajstić information content (AvgIpc) is 2.79. The van der Waals surface area contributed by atoms with E-state index in [4.69, 9.17) is 4.74 Å². The molecule has 7 heteroatoms. The third kappa shape index (κ3) is 4.73. The number of aromatic hydroxyl groups is 1. The number of nitrogens with one attached hydrogen (secondary N) is 3. The summed E-state index contributed by atoms with van der Waals surface area (Å²) in [7, 11) is 0. The first-order valence-corrected chi connectivity index (χ1v) is 10.2. The minimum Gasteiger partial charge on any atom is -0.504 e. The van der Waals surface area contributed by atoms with Gasteiger partial charge in [0.1, 0.15) is 6.61 Å². The number of anilines is 1. The molecule has 1 aliphatic rings. The van der Waals surface area contributed by atoms with Crippen molar-refractivity contribution < 1.29 is 19.4 Å². The average molecular weight is 429 g/mol. The van der Waals surface area contributed by atoms with E-state index in [1.54, 1.807) is 31.2 Å². The number of benzene rings is 3. The molecule has 0 unspecified atom stereocenters. The molecule has 1 heterocycles. The number of hydrogen-bond donors (Lipinski definition) is 4. The summed E-state index contributed by atoms with van der Waals surface area (Å²) in [4.78, 5) is 25.3. The molecule has 0 saturated heterocycles. The Morgan fingerprint density at radius 3 is 2.44 bits per heavy atom. The summed E-state index contributed by atoms with van der Waals surface area (Å²) >= 11 is 0. The number of phenols is 1. The second-order valence-corrected chi connectivity index (χ2v) is 7.39. The van der Waals surface area contributed by atoms with Crippen LogP contribution < -0.4 is 20.7 Å². The van der Waals surface area contributed by atoms with Gasteiger partial charge in [0.2, 0.25) is 0 Å². The summed E-state index contributed by atoms with van der Waals surface area (Å²) in [5, 5.41) is 18.6. The van der Waals surface area contributed by atoms with E-state index in [9.17, 15) is 14.7 Å². The van der Waals surface area contributed by atoms with E-state index < -0.39 is 12.1 Å². The van der Waals surface area contributed by atoms with E-state index in [1.807, 2.05) is 48.5 Å². The summed E-state index contributed by atoms with van der Waals surface area (Å²) in [6, 6.07) is 22.3. The van der Waals surface area contributed by atoms with Crippen LogP contribution in [0.3, 0.4) is 0 Å². The van der Waals surface area contributed by atoms with Gasteiger partial charge in [-0.25, -0.2) is 4.79 Å². The van der Waals surface area contributed by atoms with Crippen molar-refractivity contribution >= 4 is 17.6 Å². The van der Waals surface area contributed by atoms with Gasteiger partial charge >= 0.3 is 6.03 Å². The molecule has 0 radical (unpaired) electrons. The van der Waals surface area contributed by atoms with Gasteiger partial charge in [-0.2, -0.15) is 0 Å². The second kappa shape index (κ2) is 9.26. The van der Waals surface area contributed by atoms with E-state index >= 15 is 0 Å². The van der Waals surface area contributed by atoms with E-state index in [0.29, 0.717) is 22.5 Å². The summed E-state index contributed by atoms with van der Waals surface area (Å²) in [6.45, 7) is 1.95. The van der Waals surface area contributed by atoms with Gasteiger partial charge in [0.25, 0.3) is 5.91 Å². The van der Waals surface area contributed by atoms with Gasteiger partial charge in [0.05, 0.1) is 11.6 Å². The molecule has 0 fully saturated rings. The molecule has 4 N–H and O–H groups in total. The predicted octanol–water partition coefficient (Wildman–Crippen LogP) is 4.24. The normalized spacial score (nSPS) is 15.5. The first-order chi connectivity index (χ1) is 15.5. The number of carbonyl (C=O) groups excluding carboxylic acids is 2. The van der Waals surface area contributed by atoms with Crippen LogP contribution in [0.25, 0.3) is 0 Å². The molecule has 3 amide bonds. The van der Waals surface area contributed by atoms with Crippen LogP contribution in [0.4, 0.5) is 10.5 Å². The van der Waals surface area contributed by atoms with Crippen molar-refractivity contribution in [1.29, 1.82) is 0 Å². The first-order valence-electron chi connectivity index (χ1n) is 10.2. The molecule has 0 spiro atoms. The Bertz CT molecular complexity index is 1160. The van der Waals surface area contributed by atoms with Crippen molar-refractivity contribution in [1.82, 2.24) is 10.6 Å². The lowest BCUT2D eigenvalue weighted by Gasteiger charge is -2.29. The maximum absolute atomic E-state index is 13.1. The number of ether oxygens (including phenoxy) is 1. The highest BCUT2D eigenvalue weighted by atomic mass is 16.5. The second-order valence-electron chi connectivity index (χ2n) is 7.39. The van der Waals surface area contributed by atoms with Crippen LogP contribution in [-0.2, 0) is 11.4 Å². The monoisotopic (exact) mass is 429 g/mol. The van der Waals surface area contributed by atoms with Crippen molar-refractivity contribution in [3.63, 3.8) is 0 Å². The van der Waals surface area contributed by atoms with Gasteiger partial charge in [0, 0.05) is 11.4 Å². The molecule has 0 aromatic heterocycles. The van der Waals surface area contributed by atoms with Gasteiger partial charge in [-0.1, -0.05) is 54.6 Å². The summed E-state index contributed by atoms with van der Waals surface area (Å²) < 4.78 is 5.80. The Hall–Kier alpha value is -4.26. The fourth-order valence-electron chi connectivity index (χ4n) is 3.53. The molecule has 1 aliphatic heterocycles. The SMILES string of the molecule is CC1=C(C(=O)Nc2ccccc2)[C@@H](c2ccc(O)c(OCc3ccccc3)c2)NC(=O)N1. The molecule has 3 aromatic carbocycles. The zero-order valence-electron chi connectivity index (χ0n) is 17.5. The molecular weight excluding hydrogens is 406 g/mol. The summed E-state index contributed by atoms with van der Waals surface area (Å²) in [6.07, 6.45) is 0. The lowest BCUT2D eigenvalue weighted by atomic mass is 9.94. The van der Waals surface area contributed by atoms with Crippen LogP contribution in [-0.4, -0.2) is 17.0 Å². The summed E-state index contributed by atoms with van der Waals surface area (Å²) in [5.74, 6) is -0.105. The van der Waals surface area contributed by atoms with Crippen LogP contribution in [0.2, 0.25) is 0 Å². The topological polar surface area (TPSA) is 99.7 Å². The highest BCUT2D eigenvalue weighted by Crippen LogP contribution is 2.34. The lowest BCUT2D eigenvalue weighted by molar-refractivity contribution is -0.113. The van der Waals surface area contributed by atoms with Crippen LogP contribution in [0.15, 0.2) is 90.1 Å². The minimum atomic E-state index is -0.716. The molecular formula is C25H23N3O4. The van der Waals surface area contributed by atoms with Crippen LogP contribution in [0.5, 0.6) is 11.5 Å². The number of phenolic OH excluding ortho intramolecular Hbond substituents is 1. The van der Waals surface area contributed by atoms with Crippen LogP contribution >= 0.6 is 0 Å². The van der Waals surface area contributed by atoms with Crippen LogP contribution in [0, 0.1) is 0 Å². The molecule has 4 rings (SSSR count). The van der Waals surface area contributed by atoms with Crippen LogP contribution in [0.1, 0.15) is 24.1 Å². The summed E-state index contributed by atoms with van der Waals surface area (Å²) in [5.41, 5.74) is 3.02. The van der Waals surface area contributed by atoms with Crippen molar-refractivity contribution in [2.45, 2.75) is 19.6 Å². The van der Waals surface area contributed by atoms with Gasteiger partial charge in [-0.3, -0.25) is 4.79 Å². The van der Waals surface area contributed by atoms with Gasteiger partial charge in [-0.05, 0) is 42.3 Å². The zero-order chi connectivity index (χ0) is 22.5. The number of para-hydroxylation sites is 1. The van der Waals surface area contributed by atoms with Gasteiger partial charge in [0.15, 0.2) is 11.5 Å². The van der Waals surface area contributed by atoms with Crippen molar-refractivity contribution in [2.24, 2.45) is 0 Å². The highest BCUT2D eigenvalue weighted by molar-refractivity contribution is 6.06. The molecule has 162 valence electrons. The predicted molar refractivity (Wildman–Crippen MR) is 121 cm³/mol. The number of rotatable bonds is 6. The van der Waals surface area contributed by atoms with Crippen molar-refractivity contribution in [2.75, 3.05) is 5.32 Å². The Labute approximate surface area is 185 Å². The Kier molecular flexibility index (Phi) is 6.07. The standard InChI is InChI=1S/C25H23N3O4/c1-16-22(24(30)27-19-10-6-3-7-11-19)23(28-25(31)26-16)18-12-13-20(29)21(14-18)32-15-17-8-4-2-5-9-17/h2-14,23,29H,15H2,1H3,(H,27,30)(H2,26,28,31)/t23-/m1/s1. The van der Waals surface area contributed by atoms with Gasteiger partial charge < -0.3 is 25.8 Å². The van der Waals surface area contributed by atoms with E-state index in [1.165, 1.54) is 6.07 Å². The Balaban J connectivity index is 1.61. The molecule has 3 aromatic rings. The fourth-order valence-corrected chi connectivity index (χ4v) is 3.53. The number of amides is 3. The highest BCUT2D eigenvalue weighted by Gasteiger charge is 2.31. The molecule has 7 nitrogen and oxygen atoms in total. The molecule has 0 aliphatic carbocycles. The minimum absolute atomic E-state index is 0.0269. The number of allylic oxidation sites excluding steroid dienone is 1. The van der Waals surface area contributed by atoms with Gasteiger partial charge in [-0.15, -0.1) is 0 Å². The molecule has 1 atom stereocenters. The largest absolute Gasteiger partial charge is 0.504 e. The zero-order valence-corrected chi connectivity index (χ0v) is 17.5. The van der Waals surface area contributed by atoms with Crippen molar-refractivity contribution in [3.05, 3.63) is 101 Å².